The molecule has 5 nitrogen and oxygen atoms in total. The molecule has 1 aliphatic carbocycles. The summed E-state index contributed by atoms with van der Waals surface area (Å²) in [6.45, 7) is 3.39. The first-order chi connectivity index (χ1) is 15.2. The summed E-state index contributed by atoms with van der Waals surface area (Å²) in [6, 6.07) is 14.7. The first kappa shape index (κ1) is 23.3. The minimum absolute atomic E-state index is 0.256. The van der Waals surface area contributed by atoms with Crippen molar-refractivity contribution in [3.63, 3.8) is 0 Å². The molecule has 0 amide bonds. The Morgan fingerprint density at radius 1 is 1.19 bits per heavy atom. The number of aryl methyl sites for hydroxylation is 1. The minimum atomic E-state index is 0.256. The van der Waals surface area contributed by atoms with Gasteiger partial charge in [0.2, 0.25) is 0 Å². The predicted molar refractivity (Wildman–Crippen MR) is 126 cm³/mol. The number of hydrogen-bond donors (Lipinski definition) is 2. The number of fused-ring (bicyclic) bond motifs is 1. The summed E-state index contributed by atoms with van der Waals surface area (Å²) >= 11 is 0. The Bertz CT molecular complexity index is 865. The molecule has 0 spiro atoms. The second-order valence-electron chi connectivity index (χ2n) is 8.44. The van der Waals surface area contributed by atoms with Crippen molar-refractivity contribution in [2.75, 3.05) is 20.3 Å². The molecule has 2 aromatic carbocycles. The summed E-state index contributed by atoms with van der Waals surface area (Å²) in [7, 11) is 1.67. The largest absolute Gasteiger partial charge is 0.496 e. The van der Waals surface area contributed by atoms with Crippen molar-refractivity contribution in [3.8, 4) is 5.75 Å². The summed E-state index contributed by atoms with van der Waals surface area (Å²) in [4.78, 5) is 5.65. The summed E-state index contributed by atoms with van der Waals surface area (Å²) in [5.74, 6) is 1.61. The molecule has 0 heterocycles. The maximum absolute atomic E-state index is 9.03. The quantitative estimate of drug-likeness (QED) is 0.314. The number of benzene rings is 2. The van der Waals surface area contributed by atoms with Crippen LogP contribution >= 0.6 is 0 Å². The van der Waals surface area contributed by atoms with Gasteiger partial charge in [-0.05, 0) is 74.2 Å². The maximum atomic E-state index is 9.03. The topological polar surface area (TPSA) is 77.1 Å². The molecular formula is C26H36N2O3. The highest BCUT2D eigenvalue weighted by molar-refractivity contribution is 5.84. The Labute approximate surface area is 186 Å². The fourth-order valence-corrected chi connectivity index (χ4v) is 4.41. The van der Waals surface area contributed by atoms with Crippen LogP contribution in [0.2, 0.25) is 0 Å². The molecule has 3 rings (SSSR count). The van der Waals surface area contributed by atoms with Gasteiger partial charge in [-0.3, -0.25) is 0 Å². The third kappa shape index (κ3) is 6.31. The van der Waals surface area contributed by atoms with Crippen LogP contribution in [0.5, 0.6) is 5.75 Å². The number of hydrogen-bond acceptors (Lipinski definition) is 5. The number of para-hydroxylation sites is 1. The maximum Gasteiger partial charge on any atom is 0.145 e. The SMILES string of the molecule is COc1ccccc1CO/N=C(\C)[C@@H]1CCc2cc([C@H](CN)CCCCO)ccc2C1. The highest BCUT2D eigenvalue weighted by Gasteiger charge is 2.22. The van der Waals surface area contributed by atoms with E-state index in [0.717, 1.165) is 55.5 Å². The third-order valence-corrected chi connectivity index (χ3v) is 6.39. The predicted octanol–water partition coefficient (Wildman–Crippen LogP) is 4.60. The number of methoxy groups -OCH3 is 1. The van der Waals surface area contributed by atoms with Gasteiger partial charge in [-0.25, -0.2) is 0 Å². The van der Waals surface area contributed by atoms with Crippen molar-refractivity contribution >= 4 is 5.71 Å². The van der Waals surface area contributed by atoms with E-state index in [0.29, 0.717) is 25.0 Å². The molecule has 0 saturated heterocycles. The average Bonchev–Trinajstić information content (AvgIpc) is 2.81. The summed E-state index contributed by atoms with van der Waals surface area (Å²) < 4.78 is 5.37. The lowest BCUT2D eigenvalue weighted by atomic mass is 9.80. The van der Waals surface area contributed by atoms with Crippen molar-refractivity contribution < 1.29 is 14.7 Å². The molecule has 1 aliphatic rings. The van der Waals surface area contributed by atoms with Gasteiger partial charge in [-0.2, -0.15) is 0 Å². The molecule has 0 unspecified atom stereocenters. The van der Waals surface area contributed by atoms with Crippen molar-refractivity contribution in [3.05, 3.63) is 64.7 Å². The lowest BCUT2D eigenvalue weighted by molar-refractivity contribution is 0.126. The van der Waals surface area contributed by atoms with E-state index >= 15 is 0 Å². The molecule has 2 atom stereocenters. The van der Waals surface area contributed by atoms with Gasteiger partial charge in [0.15, 0.2) is 0 Å². The Morgan fingerprint density at radius 3 is 2.81 bits per heavy atom. The summed E-state index contributed by atoms with van der Waals surface area (Å²) in [6.07, 6.45) is 6.04. The first-order valence-corrected chi connectivity index (χ1v) is 11.4. The van der Waals surface area contributed by atoms with Gasteiger partial charge < -0.3 is 20.4 Å². The molecule has 0 fully saturated rings. The van der Waals surface area contributed by atoms with Crippen LogP contribution in [0.3, 0.4) is 0 Å². The average molecular weight is 425 g/mol. The highest BCUT2D eigenvalue weighted by Crippen LogP contribution is 2.31. The standard InChI is InChI=1S/C26H36N2O3/c1-19(28-31-18-25-8-3-4-9-26(25)30-2)20-10-11-22-16-23(13-12-21(22)15-20)24(17-27)7-5-6-14-29/h3-4,8-9,12-13,16,20,24,29H,5-7,10-11,14-15,17-18,27H2,1-2H3/b28-19+/t20-,24+/m1/s1. The zero-order valence-corrected chi connectivity index (χ0v) is 18.8. The zero-order valence-electron chi connectivity index (χ0n) is 18.8. The van der Waals surface area contributed by atoms with Crippen LogP contribution < -0.4 is 10.5 Å². The van der Waals surface area contributed by atoms with Crippen molar-refractivity contribution in [1.29, 1.82) is 0 Å². The molecule has 5 heteroatoms. The van der Waals surface area contributed by atoms with Crippen LogP contribution in [0.25, 0.3) is 0 Å². The molecule has 0 bridgehead atoms. The highest BCUT2D eigenvalue weighted by atomic mass is 16.6. The number of unbranched alkanes of at least 4 members (excludes halogenated alkanes) is 1. The molecular weight excluding hydrogens is 388 g/mol. The number of nitrogens with zero attached hydrogens (tertiary/aromatic N) is 1. The Balaban J connectivity index is 1.59. The number of aliphatic hydroxyl groups is 1. The van der Waals surface area contributed by atoms with E-state index in [-0.39, 0.29) is 6.61 Å². The fraction of sp³-hybridized carbons (Fsp3) is 0.500. The van der Waals surface area contributed by atoms with Crippen molar-refractivity contribution in [1.82, 2.24) is 0 Å². The monoisotopic (exact) mass is 424 g/mol. The van der Waals surface area contributed by atoms with Gasteiger partial charge in [0.1, 0.15) is 12.4 Å². The fourth-order valence-electron chi connectivity index (χ4n) is 4.41. The van der Waals surface area contributed by atoms with E-state index < -0.39 is 0 Å². The van der Waals surface area contributed by atoms with Crippen LogP contribution in [-0.2, 0) is 24.3 Å². The number of nitrogens with two attached hydrogens (primary N) is 1. The van der Waals surface area contributed by atoms with Gasteiger partial charge in [-0.1, -0.05) is 48.0 Å². The van der Waals surface area contributed by atoms with Crippen LogP contribution in [0.4, 0.5) is 0 Å². The molecule has 168 valence electrons. The van der Waals surface area contributed by atoms with E-state index in [1.807, 2.05) is 24.3 Å². The van der Waals surface area contributed by atoms with Crippen LogP contribution in [-0.4, -0.2) is 31.1 Å². The Morgan fingerprint density at radius 2 is 2.03 bits per heavy atom. The van der Waals surface area contributed by atoms with E-state index in [4.69, 9.17) is 20.4 Å². The van der Waals surface area contributed by atoms with E-state index in [2.05, 4.69) is 30.3 Å². The summed E-state index contributed by atoms with van der Waals surface area (Å²) in [5, 5.41) is 13.4. The van der Waals surface area contributed by atoms with Crippen molar-refractivity contribution in [2.24, 2.45) is 16.8 Å². The van der Waals surface area contributed by atoms with E-state index in [1.54, 1.807) is 7.11 Å². The number of ether oxygens (including phenoxy) is 1. The Hall–Kier alpha value is -2.37. The molecule has 0 saturated carbocycles. The third-order valence-electron chi connectivity index (χ3n) is 6.39. The van der Waals surface area contributed by atoms with Crippen LogP contribution in [0, 0.1) is 5.92 Å². The second kappa shape index (κ2) is 11.9. The molecule has 0 radical (unpaired) electrons. The first-order valence-electron chi connectivity index (χ1n) is 11.4. The van der Waals surface area contributed by atoms with Gasteiger partial charge in [0.25, 0.3) is 0 Å². The molecule has 31 heavy (non-hydrogen) atoms. The van der Waals surface area contributed by atoms with Crippen molar-refractivity contribution in [2.45, 2.75) is 58.0 Å². The number of oxime groups is 1. The normalized spacial score (nSPS) is 17.2. The molecule has 0 aromatic heterocycles. The van der Waals surface area contributed by atoms with Gasteiger partial charge in [0, 0.05) is 18.1 Å². The Kier molecular flexibility index (Phi) is 8.92. The molecule has 0 aliphatic heterocycles. The smallest absolute Gasteiger partial charge is 0.145 e. The minimum Gasteiger partial charge on any atom is -0.496 e. The molecule has 3 N–H and O–H groups in total. The second-order valence-corrected chi connectivity index (χ2v) is 8.44. The van der Waals surface area contributed by atoms with E-state index in [9.17, 15) is 0 Å². The lowest BCUT2D eigenvalue weighted by Gasteiger charge is -2.26. The van der Waals surface area contributed by atoms with Gasteiger partial charge in [0.05, 0.1) is 12.8 Å². The summed E-state index contributed by atoms with van der Waals surface area (Å²) in [5.41, 5.74) is 12.3. The zero-order chi connectivity index (χ0) is 22.1. The van der Waals surface area contributed by atoms with E-state index in [1.165, 1.54) is 16.7 Å². The molecule has 2 aromatic rings. The van der Waals surface area contributed by atoms with Crippen LogP contribution in [0.1, 0.15) is 60.8 Å². The number of rotatable bonds is 11. The van der Waals surface area contributed by atoms with Gasteiger partial charge >= 0.3 is 0 Å². The number of aliphatic hydroxyl groups excluding tert-OH is 1. The van der Waals surface area contributed by atoms with Gasteiger partial charge in [-0.15, -0.1) is 0 Å². The van der Waals surface area contributed by atoms with Crippen LogP contribution in [0.15, 0.2) is 47.6 Å². The lowest BCUT2D eigenvalue weighted by Crippen LogP contribution is -2.22.